The quantitative estimate of drug-likeness (QED) is 0.285. The Kier molecular flexibility index (Phi) is 11.2. The van der Waals surface area contributed by atoms with Gasteiger partial charge in [0.25, 0.3) is 0 Å². The predicted octanol–water partition coefficient (Wildman–Crippen LogP) is 2.84. The van der Waals surface area contributed by atoms with Crippen LogP contribution in [0.2, 0.25) is 0 Å². The van der Waals surface area contributed by atoms with Gasteiger partial charge < -0.3 is 10.6 Å². The van der Waals surface area contributed by atoms with Crippen molar-refractivity contribution in [2.24, 2.45) is 10.9 Å². The molecule has 9 heteroatoms. The van der Waals surface area contributed by atoms with Crippen LogP contribution >= 0.6 is 39.9 Å². The summed E-state index contributed by atoms with van der Waals surface area (Å²) in [5, 5.41) is 6.57. The Morgan fingerprint density at radius 2 is 2.15 bits per heavy atom. The lowest BCUT2D eigenvalue weighted by atomic mass is 9.97. The molecule has 0 amide bonds. The van der Waals surface area contributed by atoms with E-state index >= 15 is 0 Å². The van der Waals surface area contributed by atoms with E-state index in [0.29, 0.717) is 31.5 Å². The number of nitrogens with zero attached hydrogens (tertiary/aromatic N) is 2. The summed E-state index contributed by atoms with van der Waals surface area (Å²) in [4.78, 5) is 4.23. The molecule has 0 saturated carbocycles. The van der Waals surface area contributed by atoms with Crippen molar-refractivity contribution in [2.45, 2.75) is 26.2 Å². The lowest BCUT2D eigenvalue weighted by molar-refractivity contribution is 0.443. The van der Waals surface area contributed by atoms with Gasteiger partial charge in [0.05, 0.1) is 5.75 Å². The summed E-state index contributed by atoms with van der Waals surface area (Å²) in [6, 6.07) is 8.41. The SMILES string of the molecule is CCC(CNC(=NC)NCCN1CCCS1(=O)=O)Cc1cccc(Br)c1.I. The van der Waals surface area contributed by atoms with Gasteiger partial charge in [0, 0.05) is 37.7 Å². The van der Waals surface area contributed by atoms with E-state index in [2.05, 4.69) is 56.7 Å². The van der Waals surface area contributed by atoms with E-state index in [-0.39, 0.29) is 29.7 Å². The zero-order chi connectivity index (χ0) is 19.0. The summed E-state index contributed by atoms with van der Waals surface area (Å²) >= 11 is 3.52. The van der Waals surface area contributed by atoms with Gasteiger partial charge in [0.1, 0.15) is 0 Å². The highest BCUT2D eigenvalue weighted by Gasteiger charge is 2.27. The van der Waals surface area contributed by atoms with Gasteiger partial charge in [-0.1, -0.05) is 41.4 Å². The fraction of sp³-hybridized carbons (Fsp3) is 0.611. The van der Waals surface area contributed by atoms with Crippen LogP contribution in [0.1, 0.15) is 25.3 Å². The molecule has 1 aromatic rings. The number of hydrogen-bond acceptors (Lipinski definition) is 3. The molecule has 1 unspecified atom stereocenters. The molecule has 1 heterocycles. The van der Waals surface area contributed by atoms with Crippen LogP contribution in [0, 0.1) is 5.92 Å². The normalized spacial score (nSPS) is 18.0. The van der Waals surface area contributed by atoms with Crippen molar-refractivity contribution in [1.29, 1.82) is 0 Å². The van der Waals surface area contributed by atoms with E-state index in [1.54, 1.807) is 11.4 Å². The van der Waals surface area contributed by atoms with E-state index in [0.717, 1.165) is 30.3 Å². The maximum Gasteiger partial charge on any atom is 0.214 e. The highest BCUT2D eigenvalue weighted by Crippen LogP contribution is 2.16. The van der Waals surface area contributed by atoms with E-state index in [4.69, 9.17) is 0 Å². The molecule has 0 aliphatic carbocycles. The van der Waals surface area contributed by atoms with Gasteiger partial charge in [0.15, 0.2) is 5.96 Å². The third-order valence-corrected chi connectivity index (χ3v) is 7.08. The molecule has 1 atom stereocenters. The summed E-state index contributed by atoms with van der Waals surface area (Å²) in [7, 11) is -1.30. The van der Waals surface area contributed by atoms with E-state index in [1.165, 1.54) is 5.56 Å². The fourth-order valence-corrected chi connectivity index (χ4v) is 5.04. The van der Waals surface area contributed by atoms with Crippen molar-refractivity contribution in [3.8, 4) is 0 Å². The van der Waals surface area contributed by atoms with E-state index < -0.39 is 10.0 Å². The first-order valence-corrected chi connectivity index (χ1v) is 11.5. The maximum absolute atomic E-state index is 11.8. The Hall–Kier alpha value is -0.390. The molecule has 0 bridgehead atoms. The number of halogens is 2. The van der Waals surface area contributed by atoms with Crippen LogP contribution < -0.4 is 10.6 Å². The molecule has 2 rings (SSSR count). The van der Waals surface area contributed by atoms with E-state index in [1.807, 2.05) is 6.07 Å². The number of hydrogen-bond donors (Lipinski definition) is 2. The molecular formula is C18H30BrIN4O2S. The van der Waals surface area contributed by atoms with Gasteiger partial charge in [-0.2, -0.15) is 0 Å². The van der Waals surface area contributed by atoms with Crippen LogP contribution in [-0.4, -0.2) is 57.7 Å². The number of aliphatic imine (C=N–C) groups is 1. The van der Waals surface area contributed by atoms with Gasteiger partial charge >= 0.3 is 0 Å². The Bertz CT molecular complexity index is 715. The van der Waals surface area contributed by atoms with Crippen LogP contribution in [0.4, 0.5) is 0 Å². The van der Waals surface area contributed by atoms with Crippen LogP contribution in [-0.2, 0) is 16.4 Å². The molecule has 0 radical (unpaired) electrons. The minimum absolute atomic E-state index is 0. The Morgan fingerprint density at radius 1 is 1.37 bits per heavy atom. The number of benzene rings is 1. The molecule has 6 nitrogen and oxygen atoms in total. The second-order valence-electron chi connectivity index (χ2n) is 6.56. The van der Waals surface area contributed by atoms with Crippen LogP contribution in [0.5, 0.6) is 0 Å². The second kappa shape index (κ2) is 12.2. The topological polar surface area (TPSA) is 73.8 Å². The Balaban J connectivity index is 0.00000364. The molecule has 27 heavy (non-hydrogen) atoms. The molecule has 0 aromatic heterocycles. The minimum Gasteiger partial charge on any atom is -0.356 e. The molecule has 1 aromatic carbocycles. The first kappa shape index (κ1) is 24.6. The summed E-state index contributed by atoms with van der Waals surface area (Å²) in [6.45, 7) is 4.68. The van der Waals surface area contributed by atoms with Gasteiger partial charge in [0.2, 0.25) is 10.0 Å². The smallest absolute Gasteiger partial charge is 0.214 e. The lowest BCUT2D eigenvalue weighted by Crippen LogP contribution is -2.43. The third-order valence-electron chi connectivity index (χ3n) is 4.63. The predicted molar refractivity (Wildman–Crippen MR) is 126 cm³/mol. The van der Waals surface area contributed by atoms with Gasteiger partial charge in [-0.05, 0) is 36.5 Å². The molecule has 0 spiro atoms. The zero-order valence-corrected chi connectivity index (χ0v) is 20.7. The van der Waals surface area contributed by atoms with Crippen LogP contribution in [0.15, 0.2) is 33.7 Å². The first-order chi connectivity index (χ1) is 12.4. The zero-order valence-electron chi connectivity index (χ0n) is 15.9. The maximum atomic E-state index is 11.8. The van der Waals surface area contributed by atoms with Gasteiger partial charge in [-0.25, -0.2) is 12.7 Å². The number of sulfonamides is 1. The molecule has 2 N–H and O–H groups in total. The first-order valence-electron chi connectivity index (χ1n) is 9.11. The summed E-state index contributed by atoms with van der Waals surface area (Å²) in [5.74, 6) is 1.49. The van der Waals surface area contributed by atoms with Gasteiger partial charge in [-0.15, -0.1) is 24.0 Å². The second-order valence-corrected chi connectivity index (χ2v) is 9.56. The fourth-order valence-electron chi connectivity index (χ4n) is 3.06. The minimum atomic E-state index is -3.03. The highest BCUT2D eigenvalue weighted by molar-refractivity contribution is 14.0. The molecule has 1 aliphatic heterocycles. The lowest BCUT2D eigenvalue weighted by Gasteiger charge is -2.19. The Morgan fingerprint density at radius 3 is 2.74 bits per heavy atom. The number of nitrogens with one attached hydrogen (secondary N) is 2. The molecule has 1 aliphatic rings. The number of guanidine groups is 1. The highest BCUT2D eigenvalue weighted by atomic mass is 127. The van der Waals surface area contributed by atoms with E-state index in [9.17, 15) is 8.42 Å². The van der Waals surface area contributed by atoms with Crippen molar-refractivity contribution < 1.29 is 8.42 Å². The summed E-state index contributed by atoms with van der Waals surface area (Å²) in [6.07, 6.45) is 2.80. The van der Waals surface area contributed by atoms with Crippen molar-refractivity contribution in [2.75, 3.05) is 39.0 Å². The van der Waals surface area contributed by atoms with Crippen molar-refractivity contribution in [3.05, 3.63) is 34.3 Å². The summed E-state index contributed by atoms with van der Waals surface area (Å²) < 4.78 is 26.3. The van der Waals surface area contributed by atoms with Crippen molar-refractivity contribution in [1.82, 2.24) is 14.9 Å². The van der Waals surface area contributed by atoms with Gasteiger partial charge in [-0.3, -0.25) is 4.99 Å². The standard InChI is InChI=1S/C18H29BrN4O2S.HI/c1-3-15(12-16-6-4-7-17(19)13-16)14-22-18(20-2)21-8-10-23-9-5-11-26(23,24)25;/h4,6-7,13,15H,3,5,8-12,14H2,1-2H3,(H2,20,21,22);1H. The third kappa shape index (κ3) is 8.25. The van der Waals surface area contributed by atoms with Crippen molar-refractivity contribution >= 4 is 55.9 Å². The van der Waals surface area contributed by atoms with Crippen molar-refractivity contribution in [3.63, 3.8) is 0 Å². The molecular weight excluding hydrogens is 543 g/mol. The average molecular weight is 573 g/mol. The van der Waals surface area contributed by atoms with Crippen LogP contribution in [0.3, 0.4) is 0 Å². The largest absolute Gasteiger partial charge is 0.356 e. The Labute approximate surface area is 188 Å². The molecule has 1 fully saturated rings. The molecule has 1 saturated heterocycles. The average Bonchev–Trinajstić information content (AvgIpc) is 2.95. The summed E-state index contributed by atoms with van der Waals surface area (Å²) in [5.41, 5.74) is 1.32. The van der Waals surface area contributed by atoms with Crippen LogP contribution in [0.25, 0.3) is 0 Å². The number of rotatable bonds is 8. The molecule has 154 valence electrons. The monoisotopic (exact) mass is 572 g/mol.